The highest BCUT2D eigenvalue weighted by atomic mass is 32.1. The number of carbonyl (C=O) groups is 1. The molecule has 0 unspecified atom stereocenters. The van der Waals surface area contributed by atoms with Crippen molar-refractivity contribution in [2.75, 3.05) is 11.9 Å². The van der Waals surface area contributed by atoms with Crippen molar-refractivity contribution in [1.82, 2.24) is 4.90 Å². The fourth-order valence-corrected chi connectivity index (χ4v) is 2.84. The summed E-state index contributed by atoms with van der Waals surface area (Å²) in [6.07, 6.45) is 0.982. The summed E-state index contributed by atoms with van der Waals surface area (Å²) >= 11 is 5.47. The van der Waals surface area contributed by atoms with Gasteiger partial charge >= 0.3 is 5.97 Å². The molecular weight excluding hydrogens is 296 g/mol. The van der Waals surface area contributed by atoms with Gasteiger partial charge in [-0.3, -0.25) is 0 Å². The monoisotopic (exact) mass is 312 g/mol. The van der Waals surface area contributed by atoms with Gasteiger partial charge in [-0.25, -0.2) is 4.79 Å². The number of nitrogens with zero attached hydrogens (tertiary/aromatic N) is 1. The van der Waals surface area contributed by atoms with Crippen molar-refractivity contribution in [3.63, 3.8) is 0 Å². The third kappa shape index (κ3) is 3.09. The quantitative estimate of drug-likeness (QED) is 0.834. The number of hydrogen-bond donors (Lipinski definition) is 2. The number of aromatic carboxylic acids is 1. The highest BCUT2D eigenvalue weighted by Gasteiger charge is 2.17. The Bertz CT molecular complexity index is 713. The van der Waals surface area contributed by atoms with Crippen LogP contribution < -0.4 is 5.32 Å². The normalized spacial score (nSPS) is 13.4. The van der Waals surface area contributed by atoms with E-state index in [1.807, 2.05) is 6.07 Å². The van der Waals surface area contributed by atoms with Gasteiger partial charge in [0.25, 0.3) is 0 Å². The average Bonchev–Trinajstić information content (AvgIpc) is 2.55. The highest BCUT2D eigenvalue weighted by Crippen LogP contribution is 2.19. The smallest absolute Gasteiger partial charge is 0.335 e. The van der Waals surface area contributed by atoms with Gasteiger partial charge in [0, 0.05) is 18.8 Å². The van der Waals surface area contributed by atoms with Crippen molar-refractivity contribution in [2.45, 2.75) is 13.0 Å². The minimum absolute atomic E-state index is 0.267. The van der Waals surface area contributed by atoms with E-state index in [2.05, 4.69) is 28.4 Å². The number of rotatable bonds is 2. The summed E-state index contributed by atoms with van der Waals surface area (Å²) < 4.78 is 0. The number of benzene rings is 2. The van der Waals surface area contributed by atoms with E-state index in [9.17, 15) is 4.79 Å². The molecule has 22 heavy (non-hydrogen) atoms. The van der Waals surface area contributed by atoms with Crippen LogP contribution in [0.3, 0.4) is 0 Å². The van der Waals surface area contributed by atoms with Crippen molar-refractivity contribution < 1.29 is 9.90 Å². The molecule has 112 valence electrons. The van der Waals surface area contributed by atoms with Crippen LogP contribution in [0.5, 0.6) is 0 Å². The van der Waals surface area contributed by atoms with Crippen molar-refractivity contribution in [2.24, 2.45) is 0 Å². The molecule has 0 aromatic heterocycles. The Balaban J connectivity index is 1.66. The van der Waals surface area contributed by atoms with E-state index >= 15 is 0 Å². The van der Waals surface area contributed by atoms with Crippen molar-refractivity contribution in [3.8, 4) is 0 Å². The lowest BCUT2D eigenvalue weighted by molar-refractivity contribution is 0.0697. The lowest BCUT2D eigenvalue weighted by atomic mass is 10.0. The highest BCUT2D eigenvalue weighted by molar-refractivity contribution is 7.80. The van der Waals surface area contributed by atoms with E-state index in [-0.39, 0.29) is 5.56 Å². The van der Waals surface area contributed by atoms with E-state index in [0.29, 0.717) is 5.11 Å². The number of fused-ring (bicyclic) bond motifs is 1. The average molecular weight is 312 g/mol. The number of carboxylic acid groups (broad SMARTS) is 1. The Labute approximate surface area is 134 Å². The summed E-state index contributed by atoms with van der Waals surface area (Å²) in [6, 6.07) is 15.0. The Morgan fingerprint density at radius 2 is 1.77 bits per heavy atom. The molecule has 4 nitrogen and oxygen atoms in total. The first-order valence-corrected chi connectivity index (χ1v) is 7.50. The van der Waals surface area contributed by atoms with Crippen LogP contribution >= 0.6 is 12.2 Å². The van der Waals surface area contributed by atoms with Crippen LogP contribution in [0.4, 0.5) is 5.69 Å². The number of thiocarbonyl (C=S) groups is 1. The lowest BCUT2D eigenvalue weighted by Gasteiger charge is -2.31. The first kappa shape index (κ1) is 14.5. The zero-order valence-electron chi connectivity index (χ0n) is 12.0. The summed E-state index contributed by atoms with van der Waals surface area (Å²) in [5.74, 6) is -0.929. The zero-order chi connectivity index (χ0) is 15.5. The van der Waals surface area contributed by atoms with Gasteiger partial charge in [0.2, 0.25) is 0 Å². The van der Waals surface area contributed by atoms with Gasteiger partial charge in [0.15, 0.2) is 5.11 Å². The van der Waals surface area contributed by atoms with Gasteiger partial charge in [-0.1, -0.05) is 24.3 Å². The number of carboxylic acids is 1. The third-order valence-electron chi connectivity index (χ3n) is 3.80. The van der Waals surface area contributed by atoms with Gasteiger partial charge in [-0.15, -0.1) is 0 Å². The Morgan fingerprint density at radius 3 is 2.45 bits per heavy atom. The van der Waals surface area contributed by atoms with Crippen LogP contribution in [-0.2, 0) is 13.0 Å². The molecule has 0 saturated carbocycles. The maximum atomic E-state index is 10.8. The number of anilines is 1. The standard InChI is InChI=1S/C17H16N2O2S/c20-16(21)13-5-7-15(8-6-13)18-17(22)19-10-9-12-3-1-2-4-14(12)11-19/h1-8H,9-11H2,(H,18,22)(H,20,21). The van der Waals surface area contributed by atoms with Gasteiger partial charge in [0.05, 0.1) is 5.56 Å². The molecule has 0 bridgehead atoms. The Kier molecular flexibility index (Phi) is 4.06. The molecule has 0 aliphatic carbocycles. The molecule has 1 heterocycles. The number of hydrogen-bond acceptors (Lipinski definition) is 2. The second kappa shape index (κ2) is 6.15. The minimum Gasteiger partial charge on any atom is -0.478 e. The summed E-state index contributed by atoms with van der Waals surface area (Å²) in [4.78, 5) is 13.0. The minimum atomic E-state index is -0.929. The second-order valence-electron chi connectivity index (χ2n) is 5.25. The van der Waals surface area contributed by atoms with Crippen LogP contribution in [0.15, 0.2) is 48.5 Å². The predicted octanol–water partition coefficient (Wildman–Crippen LogP) is 3.14. The predicted molar refractivity (Wildman–Crippen MR) is 90.2 cm³/mol. The molecule has 0 amide bonds. The molecule has 0 fully saturated rings. The molecule has 0 atom stereocenters. The van der Waals surface area contributed by atoms with E-state index in [0.717, 1.165) is 25.2 Å². The zero-order valence-corrected chi connectivity index (χ0v) is 12.8. The van der Waals surface area contributed by atoms with Crippen LogP contribution in [0.1, 0.15) is 21.5 Å². The van der Waals surface area contributed by atoms with Crippen molar-refractivity contribution >= 4 is 29.0 Å². The second-order valence-corrected chi connectivity index (χ2v) is 5.64. The Morgan fingerprint density at radius 1 is 1.09 bits per heavy atom. The van der Waals surface area contributed by atoms with E-state index in [1.54, 1.807) is 24.3 Å². The summed E-state index contributed by atoms with van der Waals surface area (Å²) in [6.45, 7) is 1.69. The molecule has 2 aromatic rings. The molecule has 3 rings (SSSR count). The summed E-state index contributed by atoms with van der Waals surface area (Å²) in [5.41, 5.74) is 3.75. The van der Waals surface area contributed by atoms with E-state index in [1.165, 1.54) is 11.1 Å². The van der Waals surface area contributed by atoms with Crippen LogP contribution in [0.25, 0.3) is 0 Å². The summed E-state index contributed by atoms with van der Waals surface area (Å²) in [5, 5.41) is 12.7. The maximum Gasteiger partial charge on any atom is 0.335 e. The molecule has 0 spiro atoms. The van der Waals surface area contributed by atoms with Gasteiger partial charge in [0.1, 0.15) is 0 Å². The third-order valence-corrected chi connectivity index (χ3v) is 4.16. The Hall–Kier alpha value is -2.40. The topological polar surface area (TPSA) is 52.6 Å². The molecular formula is C17H16N2O2S. The van der Waals surface area contributed by atoms with Crippen molar-refractivity contribution in [3.05, 3.63) is 65.2 Å². The molecule has 1 aliphatic heterocycles. The maximum absolute atomic E-state index is 10.8. The molecule has 5 heteroatoms. The molecule has 0 saturated heterocycles. The van der Waals surface area contributed by atoms with Gasteiger partial charge < -0.3 is 15.3 Å². The molecule has 2 N–H and O–H groups in total. The lowest BCUT2D eigenvalue weighted by Crippen LogP contribution is -2.38. The van der Waals surface area contributed by atoms with E-state index in [4.69, 9.17) is 17.3 Å². The first-order valence-electron chi connectivity index (χ1n) is 7.09. The van der Waals surface area contributed by atoms with Crippen LogP contribution in [-0.4, -0.2) is 27.6 Å². The molecule has 2 aromatic carbocycles. The fraction of sp³-hybridized carbons (Fsp3) is 0.176. The van der Waals surface area contributed by atoms with Crippen LogP contribution in [0, 0.1) is 0 Å². The SMILES string of the molecule is O=C(O)c1ccc(NC(=S)N2CCc3ccccc3C2)cc1. The van der Waals surface area contributed by atoms with Crippen molar-refractivity contribution in [1.29, 1.82) is 0 Å². The van der Waals surface area contributed by atoms with Gasteiger partial charge in [-0.05, 0) is 54.0 Å². The first-order chi connectivity index (χ1) is 10.6. The fourth-order valence-electron chi connectivity index (χ4n) is 2.57. The summed E-state index contributed by atoms with van der Waals surface area (Å²) in [7, 11) is 0. The largest absolute Gasteiger partial charge is 0.478 e. The number of nitrogens with one attached hydrogen (secondary N) is 1. The molecule has 0 radical (unpaired) electrons. The van der Waals surface area contributed by atoms with Crippen LogP contribution in [0.2, 0.25) is 0 Å². The van der Waals surface area contributed by atoms with E-state index < -0.39 is 5.97 Å². The molecule has 1 aliphatic rings. The van der Waals surface area contributed by atoms with Gasteiger partial charge in [-0.2, -0.15) is 0 Å².